The Bertz CT molecular complexity index is 946. The molecule has 1 amide bonds. The van der Waals surface area contributed by atoms with E-state index in [1.54, 1.807) is 9.80 Å². The summed E-state index contributed by atoms with van der Waals surface area (Å²) >= 11 is 5.28. The van der Waals surface area contributed by atoms with Crippen LogP contribution in [0.4, 0.5) is 32.0 Å². The van der Waals surface area contributed by atoms with Gasteiger partial charge in [0.05, 0.1) is 12.0 Å². The first-order valence-electron chi connectivity index (χ1n) is 10.4. The zero-order chi connectivity index (χ0) is 24.2. The summed E-state index contributed by atoms with van der Waals surface area (Å²) in [6.45, 7) is 1.47. The fourth-order valence-corrected chi connectivity index (χ4v) is 4.03. The minimum atomic E-state index is -4.80. The lowest BCUT2D eigenvalue weighted by atomic mass is 10.1. The van der Waals surface area contributed by atoms with Crippen molar-refractivity contribution in [2.24, 2.45) is 0 Å². The van der Waals surface area contributed by atoms with Gasteiger partial charge in [-0.1, -0.05) is 18.2 Å². The lowest BCUT2D eigenvalue weighted by molar-refractivity contribution is -0.138. The number of amides is 1. The van der Waals surface area contributed by atoms with E-state index in [-0.39, 0.29) is 16.7 Å². The molecule has 1 saturated heterocycles. The predicted molar refractivity (Wildman–Crippen MR) is 117 cm³/mol. The standard InChI is InChI=1S/C22H23F6N3OS/c23-21(24,25)14-15-11-17(22(26,27)28)13-18(12-15)29-20(33)31-9-7-30(8-10-31)19(32)16-5-3-1-2-4-6-16/h1,3,5,11-13H,2,4,6-10,14H2,(H,29,33). The maximum Gasteiger partial charge on any atom is 0.416 e. The van der Waals surface area contributed by atoms with E-state index in [1.165, 1.54) is 0 Å². The van der Waals surface area contributed by atoms with Gasteiger partial charge in [-0.3, -0.25) is 4.79 Å². The highest BCUT2D eigenvalue weighted by Crippen LogP contribution is 2.34. The molecule has 0 radical (unpaired) electrons. The van der Waals surface area contributed by atoms with Gasteiger partial charge in [-0.15, -0.1) is 0 Å². The van der Waals surface area contributed by atoms with E-state index in [0.29, 0.717) is 38.7 Å². The van der Waals surface area contributed by atoms with E-state index in [2.05, 4.69) is 5.32 Å². The number of carbonyl (C=O) groups excluding carboxylic acids is 1. The van der Waals surface area contributed by atoms with Gasteiger partial charge in [-0.05, 0) is 55.2 Å². The van der Waals surface area contributed by atoms with Crippen molar-refractivity contribution in [3.8, 4) is 0 Å². The summed E-state index contributed by atoms with van der Waals surface area (Å²) in [5, 5.41) is 2.73. The number of benzene rings is 1. The van der Waals surface area contributed by atoms with Crippen LogP contribution >= 0.6 is 12.2 Å². The van der Waals surface area contributed by atoms with Crippen LogP contribution in [0.1, 0.15) is 30.4 Å². The van der Waals surface area contributed by atoms with Gasteiger partial charge in [0.1, 0.15) is 0 Å². The lowest BCUT2D eigenvalue weighted by Gasteiger charge is -2.36. The van der Waals surface area contributed by atoms with Crippen LogP contribution in [0.15, 0.2) is 42.0 Å². The zero-order valence-corrected chi connectivity index (χ0v) is 18.4. The second-order valence-corrected chi connectivity index (χ2v) is 8.32. The van der Waals surface area contributed by atoms with Crippen molar-refractivity contribution in [2.45, 2.75) is 38.0 Å². The van der Waals surface area contributed by atoms with Gasteiger partial charge in [0.2, 0.25) is 5.91 Å². The van der Waals surface area contributed by atoms with E-state index in [1.807, 2.05) is 18.2 Å². The van der Waals surface area contributed by atoms with Crippen LogP contribution in [0.3, 0.4) is 0 Å². The Balaban J connectivity index is 1.64. The molecular weight excluding hydrogens is 468 g/mol. The van der Waals surface area contributed by atoms with Gasteiger partial charge in [0, 0.05) is 37.4 Å². The number of hydrogen-bond acceptors (Lipinski definition) is 2. The van der Waals surface area contributed by atoms with Crippen molar-refractivity contribution in [3.05, 3.63) is 53.1 Å². The van der Waals surface area contributed by atoms with Crippen molar-refractivity contribution in [2.75, 3.05) is 31.5 Å². The zero-order valence-electron chi connectivity index (χ0n) is 17.6. The Kier molecular flexibility index (Phi) is 7.71. The average Bonchev–Trinajstić information content (AvgIpc) is 3.01. The van der Waals surface area contributed by atoms with Gasteiger partial charge in [-0.2, -0.15) is 26.3 Å². The highest BCUT2D eigenvalue weighted by Gasteiger charge is 2.34. The van der Waals surface area contributed by atoms with E-state index in [0.717, 1.165) is 30.5 Å². The maximum atomic E-state index is 13.2. The molecule has 1 aliphatic carbocycles. The second kappa shape index (κ2) is 10.1. The normalized spacial score (nSPS) is 17.5. The summed E-state index contributed by atoms with van der Waals surface area (Å²) in [6, 6.07) is 2.24. The second-order valence-electron chi connectivity index (χ2n) is 7.93. The molecule has 1 heterocycles. The number of hydrogen-bond donors (Lipinski definition) is 1. The molecule has 0 spiro atoms. The summed E-state index contributed by atoms with van der Waals surface area (Å²) in [5.74, 6) is -0.0465. The maximum absolute atomic E-state index is 13.2. The molecule has 0 saturated carbocycles. The van der Waals surface area contributed by atoms with E-state index in [4.69, 9.17) is 12.2 Å². The summed E-state index contributed by atoms with van der Waals surface area (Å²) < 4.78 is 77.7. The van der Waals surface area contributed by atoms with Crippen LogP contribution < -0.4 is 5.32 Å². The van der Waals surface area contributed by atoms with Gasteiger partial charge in [0.15, 0.2) is 5.11 Å². The first-order valence-corrected chi connectivity index (χ1v) is 10.8. The summed E-state index contributed by atoms with van der Waals surface area (Å²) in [6.07, 6.45) is -2.71. The first-order chi connectivity index (χ1) is 15.4. The summed E-state index contributed by atoms with van der Waals surface area (Å²) in [5.41, 5.74) is -1.12. The SMILES string of the molecule is O=C(C1=CC=CCCC1)N1CCN(C(=S)Nc2cc(CC(F)(F)F)cc(C(F)(F)F)c2)CC1. The molecule has 180 valence electrons. The first kappa shape index (κ1) is 25.1. The third kappa shape index (κ3) is 7.21. The highest BCUT2D eigenvalue weighted by atomic mass is 32.1. The Morgan fingerprint density at radius 2 is 1.67 bits per heavy atom. The Morgan fingerprint density at radius 1 is 1.00 bits per heavy atom. The Morgan fingerprint density at radius 3 is 2.30 bits per heavy atom. The van der Waals surface area contributed by atoms with Crippen molar-refractivity contribution in [1.29, 1.82) is 0 Å². The molecule has 33 heavy (non-hydrogen) atoms. The molecule has 0 aromatic heterocycles. The minimum Gasteiger partial charge on any atom is -0.345 e. The molecule has 11 heteroatoms. The molecule has 1 fully saturated rings. The van der Waals surface area contributed by atoms with Gasteiger partial charge < -0.3 is 15.1 Å². The van der Waals surface area contributed by atoms with E-state index in [9.17, 15) is 31.1 Å². The molecule has 1 aliphatic heterocycles. The van der Waals surface area contributed by atoms with Gasteiger partial charge in [0.25, 0.3) is 0 Å². The topological polar surface area (TPSA) is 35.6 Å². The number of thiocarbonyl (C=S) groups is 1. The Hall–Kier alpha value is -2.56. The summed E-state index contributed by atoms with van der Waals surface area (Å²) in [4.78, 5) is 16.1. The number of rotatable bonds is 3. The van der Waals surface area contributed by atoms with Crippen molar-refractivity contribution >= 4 is 28.9 Å². The van der Waals surface area contributed by atoms with Crippen LogP contribution in [0.5, 0.6) is 0 Å². The van der Waals surface area contributed by atoms with E-state index < -0.39 is 29.9 Å². The fourth-order valence-electron chi connectivity index (χ4n) is 3.73. The number of alkyl halides is 6. The van der Waals surface area contributed by atoms with Crippen molar-refractivity contribution < 1.29 is 31.1 Å². The number of carbonyl (C=O) groups is 1. The third-order valence-corrected chi connectivity index (χ3v) is 5.72. The van der Waals surface area contributed by atoms with Gasteiger partial charge in [-0.25, -0.2) is 0 Å². The summed E-state index contributed by atoms with van der Waals surface area (Å²) in [7, 11) is 0. The number of anilines is 1. The third-order valence-electron chi connectivity index (χ3n) is 5.36. The van der Waals surface area contributed by atoms with Gasteiger partial charge >= 0.3 is 12.4 Å². The van der Waals surface area contributed by atoms with Crippen molar-refractivity contribution in [3.63, 3.8) is 0 Å². The molecule has 0 unspecified atom stereocenters. The molecule has 4 nitrogen and oxygen atoms in total. The Labute approximate surface area is 192 Å². The van der Waals surface area contributed by atoms with Crippen LogP contribution in [-0.4, -0.2) is 53.2 Å². The van der Waals surface area contributed by atoms with Crippen LogP contribution in [0.2, 0.25) is 0 Å². The molecule has 1 N–H and O–H groups in total. The van der Waals surface area contributed by atoms with Crippen LogP contribution in [0, 0.1) is 0 Å². The largest absolute Gasteiger partial charge is 0.416 e. The number of nitrogens with one attached hydrogen (secondary N) is 1. The fraction of sp³-hybridized carbons (Fsp3) is 0.455. The quantitative estimate of drug-likeness (QED) is 0.459. The number of nitrogens with zero attached hydrogens (tertiary/aromatic N) is 2. The monoisotopic (exact) mass is 491 g/mol. The lowest BCUT2D eigenvalue weighted by Crippen LogP contribution is -2.51. The molecule has 1 aromatic rings. The number of allylic oxidation sites excluding steroid dienone is 3. The molecule has 0 atom stereocenters. The molecule has 0 bridgehead atoms. The average molecular weight is 492 g/mol. The molecule has 1 aromatic carbocycles. The van der Waals surface area contributed by atoms with E-state index >= 15 is 0 Å². The van der Waals surface area contributed by atoms with Crippen LogP contribution in [0.25, 0.3) is 0 Å². The van der Waals surface area contributed by atoms with Crippen LogP contribution in [-0.2, 0) is 17.4 Å². The molecular formula is C22H23F6N3OS. The minimum absolute atomic E-state index is 0.0465. The molecule has 2 aliphatic rings. The van der Waals surface area contributed by atoms with Crippen molar-refractivity contribution in [1.82, 2.24) is 9.80 Å². The highest BCUT2D eigenvalue weighted by molar-refractivity contribution is 7.80. The predicted octanol–water partition coefficient (Wildman–Crippen LogP) is 5.32. The molecule has 3 rings (SSSR count). The number of piperazine rings is 1. The number of halogens is 6. The smallest absolute Gasteiger partial charge is 0.345 e.